The lowest BCUT2D eigenvalue weighted by Crippen LogP contribution is -2.45. The Morgan fingerprint density at radius 2 is 1.77 bits per heavy atom. The second kappa shape index (κ2) is 10.2. The molecule has 0 amide bonds. The van der Waals surface area contributed by atoms with Crippen molar-refractivity contribution in [1.82, 2.24) is 9.80 Å². The Bertz CT molecular complexity index is 1040. The molecule has 4 rings (SSSR count). The molecule has 0 radical (unpaired) electrons. The fourth-order valence-electron chi connectivity index (χ4n) is 4.30. The molecule has 0 spiro atoms. The van der Waals surface area contributed by atoms with Crippen LogP contribution >= 0.6 is 0 Å². The van der Waals surface area contributed by atoms with Crippen molar-refractivity contribution >= 4 is 11.0 Å². The zero-order chi connectivity index (χ0) is 21.6. The van der Waals surface area contributed by atoms with Crippen molar-refractivity contribution in [1.29, 1.82) is 0 Å². The Labute approximate surface area is 184 Å². The zero-order valence-electron chi connectivity index (χ0n) is 18.5. The van der Waals surface area contributed by atoms with Crippen LogP contribution in [0.4, 0.5) is 0 Å². The van der Waals surface area contributed by atoms with E-state index in [0.29, 0.717) is 18.2 Å². The van der Waals surface area contributed by atoms with Crippen LogP contribution in [-0.2, 0) is 24.2 Å². The van der Waals surface area contributed by atoms with Gasteiger partial charge in [-0.15, -0.1) is 0 Å². The highest BCUT2D eigenvalue weighted by Crippen LogP contribution is 2.22. The van der Waals surface area contributed by atoms with Crippen LogP contribution in [0, 0.1) is 0 Å². The van der Waals surface area contributed by atoms with E-state index >= 15 is 0 Å². The normalized spacial score (nSPS) is 16.1. The molecule has 1 unspecified atom stereocenters. The molecule has 1 aromatic heterocycles. The molecule has 31 heavy (non-hydrogen) atoms. The summed E-state index contributed by atoms with van der Waals surface area (Å²) in [5, 5.41) is 1.02. The summed E-state index contributed by atoms with van der Waals surface area (Å²) in [7, 11) is 0. The van der Waals surface area contributed by atoms with Gasteiger partial charge in [-0.3, -0.25) is 9.80 Å². The van der Waals surface area contributed by atoms with E-state index in [-0.39, 0.29) is 5.63 Å². The Kier molecular flexibility index (Phi) is 7.17. The fourth-order valence-corrected chi connectivity index (χ4v) is 4.30. The Morgan fingerprint density at radius 3 is 2.52 bits per heavy atom. The minimum Gasteiger partial charge on any atom is -0.423 e. The number of rotatable bonds is 8. The largest absolute Gasteiger partial charge is 0.423 e. The van der Waals surface area contributed by atoms with Gasteiger partial charge >= 0.3 is 5.63 Å². The van der Waals surface area contributed by atoms with Crippen molar-refractivity contribution in [3.8, 4) is 0 Å². The minimum atomic E-state index is -0.281. The molecule has 1 fully saturated rings. The standard InChI is InChI=1S/C26H32N2O3/c1-3-21-9-10-24-23(16-26(29)31-25(24)15-21)19-28(18-22-7-5-4-6-8-22)20(2)17-27-11-13-30-14-12-27/h4-10,15-16,20H,3,11-14,17-19H2,1-2H3. The maximum atomic E-state index is 12.3. The van der Waals surface area contributed by atoms with E-state index in [1.807, 2.05) is 12.1 Å². The van der Waals surface area contributed by atoms with Crippen molar-refractivity contribution in [2.45, 2.75) is 39.4 Å². The van der Waals surface area contributed by atoms with Crippen molar-refractivity contribution in [2.75, 3.05) is 32.8 Å². The first kappa shape index (κ1) is 21.8. The molecule has 0 N–H and O–H groups in total. The molecule has 1 atom stereocenters. The molecule has 5 heteroatoms. The maximum absolute atomic E-state index is 12.3. The maximum Gasteiger partial charge on any atom is 0.336 e. The molecule has 3 aromatic rings. The molecule has 0 bridgehead atoms. The zero-order valence-corrected chi connectivity index (χ0v) is 18.5. The van der Waals surface area contributed by atoms with E-state index in [9.17, 15) is 4.79 Å². The van der Waals surface area contributed by atoms with E-state index in [0.717, 1.165) is 56.8 Å². The Hall–Kier alpha value is -2.47. The van der Waals surface area contributed by atoms with Crippen LogP contribution in [0.15, 0.2) is 63.8 Å². The third-order valence-corrected chi connectivity index (χ3v) is 6.15. The summed E-state index contributed by atoms with van der Waals surface area (Å²) in [6.07, 6.45) is 0.917. The van der Waals surface area contributed by atoms with Gasteiger partial charge in [-0.2, -0.15) is 0 Å². The summed E-state index contributed by atoms with van der Waals surface area (Å²) in [5.74, 6) is 0. The van der Waals surface area contributed by atoms with Gasteiger partial charge in [-0.25, -0.2) is 4.79 Å². The van der Waals surface area contributed by atoms with Gasteiger partial charge in [0.05, 0.1) is 13.2 Å². The molecule has 0 saturated carbocycles. The van der Waals surface area contributed by atoms with Crippen molar-refractivity contribution in [3.05, 3.63) is 81.7 Å². The van der Waals surface area contributed by atoms with E-state index in [4.69, 9.17) is 9.15 Å². The quantitative estimate of drug-likeness (QED) is 0.514. The minimum absolute atomic E-state index is 0.281. The number of nitrogens with zero attached hydrogens (tertiary/aromatic N) is 2. The lowest BCUT2D eigenvalue weighted by atomic mass is 10.0. The SMILES string of the molecule is CCc1ccc2c(CN(Cc3ccccc3)C(C)CN3CCOCC3)cc(=O)oc2c1. The number of morpholine rings is 1. The summed E-state index contributed by atoms with van der Waals surface area (Å²) >= 11 is 0. The van der Waals surface area contributed by atoms with Crippen molar-refractivity contribution in [3.63, 3.8) is 0 Å². The lowest BCUT2D eigenvalue weighted by molar-refractivity contribution is 0.0226. The second-order valence-corrected chi connectivity index (χ2v) is 8.43. The summed E-state index contributed by atoms with van der Waals surface area (Å²) < 4.78 is 11.0. The van der Waals surface area contributed by atoms with Gasteiger partial charge in [0, 0.05) is 50.2 Å². The number of hydrogen-bond acceptors (Lipinski definition) is 5. The van der Waals surface area contributed by atoms with Crippen LogP contribution < -0.4 is 5.63 Å². The first-order chi connectivity index (χ1) is 15.1. The fraction of sp³-hybridized carbons (Fsp3) is 0.423. The average molecular weight is 421 g/mol. The lowest BCUT2D eigenvalue weighted by Gasteiger charge is -2.35. The van der Waals surface area contributed by atoms with Crippen LogP contribution in [0.1, 0.15) is 30.5 Å². The molecule has 164 valence electrons. The van der Waals surface area contributed by atoms with Crippen LogP contribution in [-0.4, -0.2) is 48.7 Å². The van der Waals surface area contributed by atoms with E-state index < -0.39 is 0 Å². The summed E-state index contributed by atoms with van der Waals surface area (Å²) in [4.78, 5) is 17.3. The van der Waals surface area contributed by atoms with Gasteiger partial charge in [-0.1, -0.05) is 49.4 Å². The van der Waals surface area contributed by atoms with Crippen molar-refractivity contribution in [2.24, 2.45) is 0 Å². The number of benzene rings is 2. The highest BCUT2D eigenvalue weighted by atomic mass is 16.5. The van der Waals surface area contributed by atoms with Gasteiger partial charge in [0.2, 0.25) is 0 Å². The number of aryl methyl sites for hydroxylation is 1. The highest BCUT2D eigenvalue weighted by molar-refractivity contribution is 5.80. The molecule has 0 aliphatic carbocycles. The molecule has 1 saturated heterocycles. The average Bonchev–Trinajstić information content (AvgIpc) is 2.79. The molecule has 2 aromatic carbocycles. The molecular weight excluding hydrogens is 388 g/mol. The summed E-state index contributed by atoms with van der Waals surface area (Å²) in [5.41, 5.74) is 3.88. The molecule has 2 heterocycles. The van der Waals surface area contributed by atoms with Gasteiger partial charge in [0.1, 0.15) is 5.58 Å². The van der Waals surface area contributed by atoms with E-state index in [1.54, 1.807) is 6.07 Å². The predicted octanol–water partition coefficient (Wildman–Crippen LogP) is 4.08. The Morgan fingerprint density at radius 1 is 1.00 bits per heavy atom. The predicted molar refractivity (Wildman–Crippen MR) is 124 cm³/mol. The van der Waals surface area contributed by atoms with Crippen LogP contribution in [0.3, 0.4) is 0 Å². The summed E-state index contributed by atoms with van der Waals surface area (Å²) in [6.45, 7) is 10.5. The first-order valence-electron chi connectivity index (χ1n) is 11.3. The van der Waals surface area contributed by atoms with E-state index in [2.05, 4.69) is 60.0 Å². The number of hydrogen-bond donors (Lipinski definition) is 0. The van der Waals surface area contributed by atoms with Crippen LogP contribution in [0.2, 0.25) is 0 Å². The van der Waals surface area contributed by atoms with Gasteiger partial charge in [0.25, 0.3) is 0 Å². The van der Waals surface area contributed by atoms with E-state index in [1.165, 1.54) is 11.1 Å². The van der Waals surface area contributed by atoms with Gasteiger partial charge < -0.3 is 9.15 Å². The molecule has 1 aliphatic rings. The smallest absolute Gasteiger partial charge is 0.336 e. The third kappa shape index (κ3) is 5.62. The monoisotopic (exact) mass is 420 g/mol. The first-order valence-corrected chi connectivity index (χ1v) is 11.3. The topological polar surface area (TPSA) is 45.9 Å². The van der Waals surface area contributed by atoms with Crippen LogP contribution in [0.25, 0.3) is 11.0 Å². The molecular formula is C26H32N2O3. The third-order valence-electron chi connectivity index (χ3n) is 6.15. The van der Waals surface area contributed by atoms with Crippen molar-refractivity contribution < 1.29 is 9.15 Å². The second-order valence-electron chi connectivity index (χ2n) is 8.43. The molecule has 5 nitrogen and oxygen atoms in total. The summed E-state index contributed by atoms with van der Waals surface area (Å²) in [6, 6.07) is 18.8. The van der Waals surface area contributed by atoms with Crippen LogP contribution in [0.5, 0.6) is 0 Å². The Balaban J connectivity index is 1.62. The number of ether oxygens (including phenoxy) is 1. The highest BCUT2D eigenvalue weighted by Gasteiger charge is 2.21. The van der Waals surface area contributed by atoms with Gasteiger partial charge in [-0.05, 0) is 36.1 Å². The molecule has 1 aliphatic heterocycles. The van der Waals surface area contributed by atoms with Gasteiger partial charge in [0.15, 0.2) is 0 Å². The number of fused-ring (bicyclic) bond motifs is 1.